The molecule has 2 aromatic carbocycles. The minimum atomic E-state index is 0.470. The van der Waals surface area contributed by atoms with Gasteiger partial charge in [-0.1, -0.05) is 36.4 Å². The molecule has 4 nitrogen and oxygen atoms in total. The minimum absolute atomic E-state index is 0.470. The lowest BCUT2D eigenvalue weighted by molar-refractivity contribution is 0.134. The first-order valence-corrected chi connectivity index (χ1v) is 9.09. The number of hydrogen-bond acceptors (Lipinski definition) is 2. The smallest absolute Gasteiger partial charge is 0.193 e. The van der Waals surface area contributed by atoms with Gasteiger partial charge in [-0.3, -0.25) is 0 Å². The molecule has 0 heterocycles. The summed E-state index contributed by atoms with van der Waals surface area (Å²) in [7, 11) is 0. The van der Waals surface area contributed by atoms with Crippen LogP contribution in [0.5, 0.6) is 0 Å². The minimum Gasteiger partial charge on any atom is -0.377 e. The number of nitrogens with one attached hydrogen (secondary N) is 1. The van der Waals surface area contributed by atoms with E-state index in [1.165, 1.54) is 29.5 Å². The second-order valence-corrected chi connectivity index (χ2v) is 6.43. The molecule has 0 amide bonds. The third kappa shape index (κ3) is 4.83. The van der Waals surface area contributed by atoms with E-state index in [2.05, 4.69) is 52.8 Å². The molecule has 0 spiro atoms. The van der Waals surface area contributed by atoms with Crippen molar-refractivity contribution in [3.8, 4) is 0 Å². The van der Waals surface area contributed by atoms with Crippen LogP contribution in [-0.4, -0.2) is 12.6 Å². The average Bonchev–Trinajstić information content (AvgIpc) is 2.66. The standard InChI is InChI=1S/C21H27N3O/c1-2-25-15-17-12-10-16(11-13-17)14-23-21(22)24-20-9-5-7-18-6-3-4-8-19(18)20/h5,7,9-13H,2-4,6,8,14-15H2,1H3,(H3,22,23,24). The van der Waals surface area contributed by atoms with Crippen LogP contribution >= 0.6 is 0 Å². The number of nitrogens with zero attached hydrogens (tertiary/aromatic N) is 1. The lowest BCUT2D eigenvalue weighted by Crippen LogP contribution is -2.24. The van der Waals surface area contributed by atoms with Gasteiger partial charge < -0.3 is 15.8 Å². The number of ether oxygens (including phenoxy) is 1. The quantitative estimate of drug-likeness (QED) is 0.618. The molecular weight excluding hydrogens is 310 g/mol. The van der Waals surface area contributed by atoms with Crippen LogP contribution in [-0.2, 0) is 30.7 Å². The SMILES string of the molecule is CCOCc1ccc(CN=C(N)Nc2cccc3c2CCCC3)cc1. The topological polar surface area (TPSA) is 59.6 Å². The Hall–Kier alpha value is -2.33. The van der Waals surface area contributed by atoms with Crippen LogP contribution in [0.1, 0.15) is 42.0 Å². The summed E-state index contributed by atoms with van der Waals surface area (Å²) in [5.74, 6) is 0.470. The predicted octanol–water partition coefficient (Wildman–Crippen LogP) is 4.03. The lowest BCUT2D eigenvalue weighted by Gasteiger charge is -2.19. The van der Waals surface area contributed by atoms with E-state index in [4.69, 9.17) is 10.5 Å². The molecule has 1 aliphatic carbocycles. The Kier molecular flexibility index (Phi) is 6.07. The van der Waals surface area contributed by atoms with Gasteiger partial charge >= 0.3 is 0 Å². The third-order valence-corrected chi connectivity index (χ3v) is 4.59. The number of aliphatic imine (C=N–C) groups is 1. The number of guanidine groups is 1. The number of rotatable bonds is 6. The number of nitrogens with two attached hydrogens (primary N) is 1. The highest BCUT2D eigenvalue weighted by molar-refractivity contribution is 5.93. The molecule has 3 rings (SSSR count). The van der Waals surface area contributed by atoms with E-state index in [9.17, 15) is 0 Å². The van der Waals surface area contributed by atoms with Crippen LogP contribution in [0.25, 0.3) is 0 Å². The predicted molar refractivity (Wildman–Crippen MR) is 104 cm³/mol. The van der Waals surface area contributed by atoms with Crippen LogP contribution in [0.15, 0.2) is 47.5 Å². The van der Waals surface area contributed by atoms with Crippen molar-refractivity contribution in [2.45, 2.75) is 45.8 Å². The van der Waals surface area contributed by atoms with Gasteiger partial charge in [-0.05, 0) is 60.9 Å². The Morgan fingerprint density at radius 1 is 1.08 bits per heavy atom. The molecule has 25 heavy (non-hydrogen) atoms. The van der Waals surface area contributed by atoms with Crippen LogP contribution in [0, 0.1) is 0 Å². The van der Waals surface area contributed by atoms with Gasteiger partial charge in [0, 0.05) is 12.3 Å². The number of aryl methyl sites for hydroxylation is 1. The summed E-state index contributed by atoms with van der Waals surface area (Å²) >= 11 is 0. The zero-order chi connectivity index (χ0) is 17.5. The monoisotopic (exact) mass is 337 g/mol. The second kappa shape index (κ2) is 8.67. The van der Waals surface area contributed by atoms with Crippen LogP contribution < -0.4 is 11.1 Å². The molecule has 0 aromatic heterocycles. The largest absolute Gasteiger partial charge is 0.377 e. The lowest BCUT2D eigenvalue weighted by atomic mass is 9.90. The number of fused-ring (bicyclic) bond motifs is 1. The zero-order valence-corrected chi connectivity index (χ0v) is 14.9. The summed E-state index contributed by atoms with van der Waals surface area (Å²) in [6, 6.07) is 14.7. The van der Waals surface area contributed by atoms with Gasteiger partial charge in [0.25, 0.3) is 0 Å². The molecule has 3 N–H and O–H groups in total. The fourth-order valence-electron chi connectivity index (χ4n) is 3.21. The molecule has 0 saturated carbocycles. The van der Waals surface area contributed by atoms with Crippen molar-refractivity contribution in [2.24, 2.45) is 10.7 Å². The highest BCUT2D eigenvalue weighted by Crippen LogP contribution is 2.27. The summed E-state index contributed by atoms with van der Waals surface area (Å²) < 4.78 is 5.41. The third-order valence-electron chi connectivity index (χ3n) is 4.59. The molecule has 4 heteroatoms. The number of anilines is 1. The van der Waals surface area contributed by atoms with Crippen molar-refractivity contribution in [3.63, 3.8) is 0 Å². The molecule has 0 unspecified atom stereocenters. The molecular formula is C21H27N3O. The maximum absolute atomic E-state index is 6.10. The normalized spacial score (nSPS) is 14.2. The van der Waals surface area contributed by atoms with Gasteiger partial charge in [0.15, 0.2) is 5.96 Å². The van der Waals surface area contributed by atoms with E-state index >= 15 is 0 Å². The summed E-state index contributed by atoms with van der Waals surface area (Å²) in [5, 5.41) is 3.29. The zero-order valence-electron chi connectivity index (χ0n) is 14.9. The van der Waals surface area contributed by atoms with E-state index in [0.717, 1.165) is 30.7 Å². The first-order valence-electron chi connectivity index (χ1n) is 9.09. The molecule has 0 fully saturated rings. The van der Waals surface area contributed by atoms with E-state index in [0.29, 0.717) is 19.1 Å². The Morgan fingerprint density at radius 2 is 1.84 bits per heavy atom. The summed E-state index contributed by atoms with van der Waals surface area (Å²) in [5.41, 5.74) is 12.4. The maximum Gasteiger partial charge on any atom is 0.193 e. The Morgan fingerprint density at radius 3 is 2.64 bits per heavy atom. The molecule has 0 atom stereocenters. The van der Waals surface area contributed by atoms with Crippen molar-refractivity contribution in [2.75, 3.05) is 11.9 Å². The van der Waals surface area contributed by atoms with Gasteiger partial charge in [0.2, 0.25) is 0 Å². The van der Waals surface area contributed by atoms with Gasteiger partial charge in [-0.15, -0.1) is 0 Å². The summed E-state index contributed by atoms with van der Waals surface area (Å²) in [4.78, 5) is 4.48. The van der Waals surface area contributed by atoms with E-state index in [1.54, 1.807) is 0 Å². The van der Waals surface area contributed by atoms with E-state index in [1.807, 2.05) is 6.92 Å². The number of benzene rings is 2. The fourth-order valence-corrected chi connectivity index (χ4v) is 3.21. The molecule has 0 bridgehead atoms. The van der Waals surface area contributed by atoms with Crippen molar-refractivity contribution in [1.82, 2.24) is 0 Å². The first kappa shape index (κ1) is 17.5. The van der Waals surface area contributed by atoms with E-state index in [-0.39, 0.29) is 0 Å². The molecule has 0 radical (unpaired) electrons. The fraction of sp³-hybridized carbons (Fsp3) is 0.381. The first-order chi connectivity index (χ1) is 12.3. The summed E-state index contributed by atoms with van der Waals surface area (Å²) in [6.07, 6.45) is 4.80. The Balaban J connectivity index is 1.61. The van der Waals surface area contributed by atoms with Gasteiger partial charge in [0.1, 0.15) is 0 Å². The molecule has 1 aliphatic rings. The van der Waals surface area contributed by atoms with Gasteiger partial charge in [-0.25, -0.2) is 4.99 Å². The second-order valence-electron chi connectivity index (χ2n) is 6.43. The van der Waals surface area contributed by atoms with Crippen molar-refractivity contribution >= 4 is 11.6 Å². The maximum atomic E-state index is 6.10. The molecule has 0 saturated heterocycles. The highest BCUT2D eigenvalue weighted by Gasteiger charge is 2.13. The van der Waals surface area contributed by atoms with Crippen molar-refractivity contribution in [1.29, 1.82) is 0 Å². The van der Waals surface area contributed by atoms with Crippen molar-refractivity contribution in [3.05, 3.63) is 64.7 Å². The van der Waals surface area contributed by atoms with Crippen molar-refractivity contribution < 1.29 is 4.74 Å². The van der Waals surface area contributed by atoms with E-state index < -0.39 is 0 Å². The molecule has 0 aliphatic heterocycles. The van der Waals surface area contributed by atoms with Gasteiger partial charge in [0.05, 0.1) is 13.2 Å². The number of hydrogen-bond donors (Lipinski definition) is 2. The molecule has 132 valence electrons. The molecule has 2 aromatic rings. The van der Waals surface area contributed by atoms with Gasteiger partial charge in [-0.2, -0.15) is 0 Å². The summed E-state index contributed by atoms with van der Waals surface area (Å²) in [6.45, 7) is 3.96. The highest BCUT2D eigenvalue weighted by atomic mass is 16.5. The average molecular weight is 337 g/mol. The Bertz CT molecular complexity index is 722. The Labute approximate surface area is 150 Å². The van der Waals surface area contributed by atoms with Crippen LogP contribution in [0.4, 0.5) is 5.69 Å². The van der Waals surface area contributed by atoms with Crippen LogP contribution in [0.2, 0.25) is 0 Å². The van der Waals surface area contributed by atoms with Crippen LogP contribution in [0.3, 0.4) is 0 Å².